The highest BCUT2D eigenvalue weighted by atomic mass is 35.5. The Morgan fingerprint density at radius 1 is 1.25 bits per heavy atom. The molecular formula is C17H27ClN4O2. The standard InChI is InChI=1S/C17H27ClN4O2/c1-3-15-14(16(18)20(2)19-15)12-21-6-4-13(5-7-21)17(23)22-8-10-24-11-9-22/h13H,3-12H2,1-2H3. The summed E-state index contributed by atoms with van der Waals surface area (Å²) in [6.45, 7) is 7.64. The van der Waals surface area contributed by atoms with Crippen molar-refractivity contribution in [2.24, 2.45) is 13.0 Å². The van der Waals surface area contributed by atoms with Gasteiger partial charge >= 0.3 is 0 Å². The first-order valence-corrected chi connectivity index (χ1v) is 9.27. The first kappa shape index (κ1) is 17.7. The molecule has 0 N–H and O–H groups in total. The van der Waals surface area contributed by atoms with Gasteiger partial charge in [0.15, 0.2) is 0 Å². The molecule has 6 nitrogen and oxygen atoms in total. The first-order valence-electron chi connectivity index (χ1n) is 8.89. The van der Waals surface area contributed by atoms with Crippen LogP contribution in [0.15, 0.2) is 0 Å². The van der Waals surface area contributed by atoms with Crippen LogP contribution in [0.4, 0.5) is 0 Å². The molecule has 7 heteroatoms. The molecule has 1 aromatic rings. The van der Waals surface area contributed by atoms with Crippen molar-refractivity contribution in [3.8, 4) is 0 Å². The lowest BCUT2D eigenvalue weighted by Gasteiger charge is -2.35. The van der Waals surface area contributed by atoms with Gasteiger partial charge in [0.25, 0.3) is 0 Å². The fourth-order valence-corrected chi connectivity index (χ4v) is 3.85. The maximum atomic E-state index is 12.6. The van der Waals surface area contributed by atoms with E-state index < -0.39 is 0 Å². The quantitative estimate of drug-likeness (QED) is 0.826. The molecule has 2 fully saturated rings. The summed E-state index contributed by atoms with van der Waals surface area (Å²) in [6.07, 6.45) is 2.74. The van der Waals surface area contributed by atoms with Crippen molar-refractivity contribution < 1.29 is 9.53 Å². The second-order valence-electron chi connectivity index (χ2n) is 6.68. The van der Waals surface area contributed by atoms with Crippen molar-refractivity contribution in [3.63, 3.8) is 0 Å². The molecule has 2 aliphatic heterocycles. The maximum absolute atomic E-state index is 12.6. The molecule has 2 saturated heterocycles. The fourth-order valence-electron chi connectivity index (χ4n) is 3.64. The topological polar surface area (TPSA) is 50.6 Å². The van der Waals surface area contributed by atoms with Crippen molar-refractivity contribution in [3.05, 3.63) is 16.4 Å². The van der Waals surface area contributed by atoms with Crippen LogP contribution in [0.1, 0.15) is 31.0 Å². The van der Waals surface area contributed by atoms with E-state index in [-0.39, 0.29) is 5.92 Å². The molecule has 3 heterocycles. The summed E-state index contributed by atoms with van der Waals surface area (Å²) >= 11 is 6.39. The summed E-state index contributed by atoms with van der Waals surface area (Å²) in [4.78, 5) is 17.0. The first-order chi connectivity index (χ1) is 11.6. The normalized spacial score (nSPS) is 20.5. The minimum absolute atomic E-state index is 0.161. The van der Waals surface area contributed by atoms with Crippen molar-refractivity contribution in [2.75, 3.05) is 39.4 Å². The van der Waals surface area contributed by atoms with E-state index in [0.717, 1.165) is 68.4 Å². The van der Waals surface area contributed by atoms with Gasteiger partial charge in [-0.2, -0.15) is 5.10 Å². The minimum Gasteiger partial charge on any atom is -0.378 e. The van der Waals surface area contributed by atoms with E-state index in [4.69, 9.17) is 16.3 Å². The number of likely N-dealkylation sites (tertiary alicyclic amines) is 1. The number of carbonyl (C=O) groups excluding carboxylic acids is 1. The second-order valence-corrected chi connectivity index (χ2v) is 7.04. The Kier molecular flexibility index (Phi) is 5.79. The highest BCUT2D eigenvalue weighted by Gasteiger charge is 2.30. The fraction of sp³-hybridized carbons (Fsp3) is 0.765. The van der Waals surface area contributed by atoms with Gasteiger partial charge in [-0.1, -0.05) is 18.5 Å². The Bertz CT molecular complexity index is 575. The van der Waals surface area contributed by atoms with E-state index in [2.05, 4.69) is 16.9 Å². The van der Waals surface area contributed by atoms with Gasteiger partial charge in [-0.3, -0.25) is 14.4 Å². The third-order valence-electron chi connectivity index (χ3n) is 5.13. The van der Waals surface area contributed by atoms with Gasteiger partial charge in [0.2, 0.25) is 5.91 Å². The number of piperidine rings is 1. The zero-order chi connectivity index (χ0) is 17.1. The Hall–Kier alpha value is -1.11. The number of morpholine rings is 1. The van der Waals surface area contributed by atoms with Crippen LogP contribution in [-0.2, 0) is 29.5 Å². The molecule has 0 aliphatic carbocycles. The summed E-state index contributed by atoms with van der Waals surface area (Å²) in [5, 5.41) is 5.22. The molecule has 1 aromatic heterocycles. The largest absolute Gasteiger partial charge is 0.378 e. The molecular weight excluding hydrogens is 328 g/mol. The maximum Gasteiger partial charge on any atom is 0.225 e. The molecule has 3 rings (SSSR count). The smallest absolute Gasteiger partial charge is 0.225 e. The number of aromatic nitrogens is 2. The highest BCUT2D eigenvalue weighted by molar-refractivity contribution is 6.30. The molecule has 0 aromatic carbocycles. The van der Waals surface area contributed by atoms with E-state index in [1.807, 2.05) is 11.9 Å². The van der Waals surface area contributed by atoms with E-state index in [9.17, 15) is 4.79 Å². The Balaban J connectivity index is 1.54. The average molecular weight is 355 g/mol. The number of ether oxygens (including phenoxy) is 1. The van der Waals surface area contributed by atoms with E-state index in [0.29, 0.717) is 19.1 Å². The van der Waals surface area contributed by atoms with Crippen LogP contribution in [0.25, 0.3) is 0 Å². The predicted octanol–water partition coefficient (Wildman–Crippen LogP) is 1.71. The van der Waals surface area contributed by atoms with Crippen molar-refractivity contribution in [2.45, 2.75) is 32.7 Å². The molecule has 134 valence electrons. The Morgan fingerprint density at radius 2 is 1.92 bits per heavy atom. The molecule has 0 bridgehead atoms. The summed E-state index contributed by atoms with van der Waals surface area (Å²) in [7, 11) is 1.89. The number of hydrogen-bond donors (Lipinski definition) is 0. The summed E-state index contributed by atoms with van der Waals surface area (Å²) < 4.78 is 7.09. The monoisotopic (exact) mass is 354 g/mol. The van der Waals surface area contributed by atoms with Gasteiger partial charge in [-0.05, 0) is 32.4 Å². The van der Waals surface area contributed by atoms with Crippen LogP contribution >= 0.6 is 11.6 Å². The van der Waals surface area contributed by atoms with Gasteiger partial charge in [-0.25, -0.2) is 0 Å². The Labute approximate surface area is 148 Å². The lowest BCUT2D eigenvalue weighted by atomic mass is 9.94. The van der Waals surface area contributed by atoms with Gasteiger partial charge in [0.05, 0.1) is 18.9 Å². The predicted molar refractivity (Wildman–Crippen MR) is 93.0 cm³/mol. The highest BCUT2D eigenvalue weighted by Crippen LogP contribution is 2.26. The number of nitrogens with zero attached hydrogens (tertiary/aromatic N) is 4. The van der Waals surface area contributed by atoms with Crippen molar-refractivity contribution in [1.29, 1.82) is 0 Å². The number of rotatable bonds is 4. The van der Waals surface area contributed by atoms with Crippen LogP contribution in [0, 0.1) is 5.92 Å². The van der Waals surface area contributed by atoms with Crippen molar-refractivity contribution in [1.82, 2.24) is 19.6 Å². The molecule has 0 radical (unpaired) electrons. The third kappa shape index (κ3) is 3.76. The lowest BCUT2D eigenvalue weighted by Crippen LogP contribution is -2.46. The van der Waals surface area contributed by atoms with E-state index in [1.165, 1.54) is 0 Å². The second kappa shape index (κ2) is 7.85. The number of hydrogen-bond acceptors (Lipinski definition) is 4. The lowest BCUT2D eigenvalue weighted by molar-refractivity contribution is -0.141. The summed E-state index contributed by atoms with van der Waals surface area (Å²) in [6, 6.07) is 0. The number of halogens is 1. The van der Waals surface area contributed by atoms with Gasteiger partial charge < -0.3 is 9.64 Å². The molecule has 2 aliphatic rings. The molecule has 0 atom stereocenters. The number of carbonyl (C=O) groups is 1. The van der Waals surface area contributed by atoms with Gasteiger partial charge in [0.1, 0.15) is 5.15 Å². The van der Waals surface area contributed by atoms with Crippen LogP contribution in [0.3, 0.4) is 0 Å². The third-order valence-corrected chi connectivity index (χ3v) is 5.60. The SMILES string of the molecule is CCc1nn(C)c(Cl)c1CN1CCC(C(=O)N2CCOCC2)CC1. The van der Waals surface area contributed by atoms with E-state index in [1.54, 1.807) is 4.68 Å². The zero-order valence-electron chi connectivity index (χ0n) is 14.6. The van der Waals surface area contributed by atoms with Crippen LogP contribution in [0.2, 0.25) is 5.15 Å². The minimum atomic E-state index is 0.161. The van der Waals surface area contributed by atoms with Gasteiger partial charge in [-0.15, -0.1) is 0 Å². The Morgan fingerprint density at radius 3 is 2.54 bits per heavy atom. The molecule has 0 saturated carbocycles. The van der Waals surface area contributed by atoms with Gasteiger partial charge in [0, 0.05) is 38.2 Å². The molecule has 1 amide bonds. The van der Waals surface area contributed by atoms with Crippen LogP contribution in [-0.4, -0.2) is 64.9 Å². The summed E-state index contributed by atoms with van der Waals surface area (Å²) in [5.41, 5.74) is 2.22. The number of aryl methyl sites for hydroxylation is 2. The van der Waals surface area contributed by atoms with Crippen molar-refractivity contribution >= 4 is 17.5 Å². The summed E-state index contributed by atoms with van der Waals surface area (Å²) in [5.74, 6) is 0.473. The molecule has 0 spiro atoms. The van der Waals surface area contributed by atoms with Crippen LogP contribution in [0.5, 0.6) is 0 Å². The average Bonchev–Trinajstić information content (AvgIpc) is 2.90. The van der Waals surface area contributed by atoms with Crippen LogP contribution < -0.4 is 0 Å². The molecule has 24 heavy (non-hydrogen) atoms. The number of amides is 1. The van der Waals surface area contributed by atoms with E-state index >= 15 is 0 Å². The zero-order valence-corrected chi connectivity index (χ0v) is 15.4. The molecule has 0 unspecified atom stereocenters.